The van der Waals surface area contributed by atoms with E-state index in [1.54, 1.807) is 24.1 Å². The van der Waals surface area contributed by atoms with Crippen LogP contribution in [0, 0.1) is 11.6 Å². The molecule has 0 aliphatic carbocycles. The van der Waals surface area contributed by atoms with Gasteiger partial charge in [-0.2, -0.15) is 0 Å². The summed E-state index contributed by atoms with van der Waals surface area (Å²) in [5.74, 6) is -1.90. The molecule has 1 aromatic carbocycles. The van der Waals surface area contributed by atoms with E-state index >= 15 is 0 Å². The first-order chi connectivity index (χ1) is 15.3. The second-order valence-corrected chi connectivity index (χ2v) is 7.88. The number of rotatable bonds is 6. The molecule has 2 aliphatic heterocycles. The SMILES string of the molecule is CC(=O)CC[C@H]1CN(c2ccc(-c3ccc(N4CCN(C)C4=O)nc3)c(F)c2F)C(=O)O1. The van der Waals surface area contributed by atoms with Crippen LogP contribution in [0.15, 0.2) is 30.5 Å². The van der Waals surface area contributed by atoms with E-state index in [-0.39, 0.29) is 36.0 Å². The van der Waals surface area contributed by atoms with Crippen LogP contribution in [0.2, 0.25) is 0 Å². The number of carbonyl (C=O) groups excluding carboxylic acids is 3. The van der Waals surface area contributed by atoms with Crippen molar-refractivity contribution in [3.05, 3.63) is 42.1 Å². The van der Waals surface area contributed by atoms with E-state index < -0.39 is 23.8 Å². The second-order valence-electron chi connectivity index (χ2n) is 7.88. The number of hydrogen-bond donors (Lipinski definition) is 0. The minimum atomic E-state index is -1.17. The predicted octanol–water partition coefficient (Wildman–Crippen LogP) is 3.59. The number of halogens is 2. The third-order valence-electron chi connectivity index (χ3n) is 5.60. The lowest BCUT2D eigenvalue weighted by atomic mass is 10.1. The molecule has 3 amide bonds. The van der Waals surface area contributed by atoms with Gasteiger partial charge in [-0.3, -0.25) is 9.80 Å². The Balaban J connectivity index is 1.54. The van der Waals surface area contributed by atoms with Gasteiger partial charge < -0.3 is 14.4 Å². The van der Waals surface area contributed by atoms with Crippen molar-refractivity contribution in [2.75, 3.05) is 36.5 Å². The molecule has 2 aromatic rings. The summed E-state index contributed by atoms with van der Waals surface area (Å²) in [4.78, 5) is 43.7. The van der Waals surface area contributed by atoms with Gasteiger partial charge in [0.1, 0.15) is 17.7 Å². The highest BCUT2D eigenvalue weighted by molar-refractivity contribution is 5.93. The number of anilines is 2. The van der Waals surface area contributed by atoms with Crippen LogP contribution in [0.5, 0.6) is 0 Å². The maximum absolute atomic E-state index is 14.9. The highest BCUT2D eigenvalue weighted by Gasteiger charge is 2.35. The van der Waals surface area contributed by atoms with Crippen molar-refractivity contribution in [2.24, 2.45) is 0 Å². The van der Waals surface area contributed by atoms with Crippen LogP contribution in [-0.4, -0.2) is 60.6 Å². The lowest BCUT2D eigenvalue weighted by Gasteiger charge is -2.17. The van der Waals surface area contributed by atoms with Crippen molar-refractivity contribution in [2.45, 2.75) is 25.9 Å². The van der Waals surface area contributed by atoms with Crippen molar-refractivity contribution in [1.29, 1.82) is 0 Å². The molecule has 0 saturated carbocycles. The fourth-order valence-corrected chi connectivity index (χ4v) is 3.77. The molecule has 0 N–H and O–H groups in total. The van der Waals surface area contributed by atoms with Crippen LogP contribution in [0.3, 0.4) is 0 Å². The molecule has 10 heteroatoms. The fraction of sp³-hybridized carbons (Fsp3) is 0.364. The van der Waals surface area contributed by atoms with Gasteiger partial charge in [0.15, 0.2) is 11.6 Å². The number of pyridine rings is 1. The zero-order chi connectivity index (χ0) is 23.0. The van der Waals surface area contributed by atoms with Crippen LogP contribution >= 0.6 is 0 Å². The smallest absolute Gasteiger partial charge is 0.414 e. The van der Waals surface area contributed by atoms with Gasteiger partial charge >= 0.3 is 12.1 Å². The molecule has 1 aromatic heterocycles. The Morgan fingerprint density at radius 1 is 1.12 bits per heavy atom. The number of nitrogens with zero attached hydrogens (tertiary/aromatic N) is 4. The molecule has 3 heterocycles. The normalized spacial score (nSPS) is 18.5. The van der Waals surface area contributed by atoms with Gasteiger partial charge in [-0.15, -0.1) is 0 Å². The standard InChI is InChI=1S/C22H22F2N4O4/c1-13(29)3-5-15-12-28(22(31)32-15)17-7-6-16(19(23)20(17)24)14-4-8-18(25-11-14)27-10-9-26(2)21(27)30/h4,6-8,11,15H,3,5,9-10,12H2,1-2H3/t15-/m0/s1. The molecule has 0 bridgehead atoms. The first-order valence-corrected chi connectivity index (χ1v) is 10.2. The molecule has 8 nitrogen and oxygen atoms in total. The van der Waals surface area contributed by atoms with Crippen LogP contribution in [0.1, 0.15) is 19.8 Å². The fourth-order valence-electron chi connectivity index (χ4n) is 3.77. The zero-order valence-corrected chi connectivity index (χ0v) is 17.7. The Morgan fingerprint density at radius 2 is 1.91 bits per heavy atom. The quantitative estimate of drug-likeness (QED) is 0.680. The average molecular weight is 444 g/mol. The minimum absolute atomic E-state index is 0.0177. The third-order valence-corrected chi connectivity index (χ3v) is 5.60. The number of hydrogen-bond acceptors (Lipinski definition) is 5. The molecule has 32 heavy (non-hydrogen) atoms. The lowest BCUT2D eigenvalue weighted by molar-refractivity contribution is -0.117. The molecule has 168 valence electrons. The largest absolute Gasteiger partial charge is 0.444 e. The van der Waals surface area contributed by atoms with Crippen LogP contribution in [-0.2, 0) is 9.53 Å². The average Bonchev–Trinajstić information content (AvgIpc) is 3.30. The monoisotopic (exact) mass is 444 g/mol. The Bertz CT molecular complexity index is 1080. The number of amides is 3. The van der Waals surface area contributed by atoms with Crippen LogP contribution in [0.25, 0.3) is 11.1 Å². The third kappa shape index (κ3) is 4.00. The Morgan fingerprint density at radius 3 is 2.53 bits per heavy atom. The summed E-state index contributed by atoms with van der Waals surface area (Å²) in [7, 11) is 1.69. The maximum atomic E-state index is 14.9. The number of ether oxygens (including phenoxy) is 1. The Hall–Kier alpha value is -3.56. The Labute approximate surface area is 183 Å². The van der Waals surface area contributed by atoms with Gasteiger partial charge in [-0.25, -0.2) is 23.4 Å². The van der Waals surface area contributed by atoms with Crippen LogP contribution < -0.4 is 9.80 Å². The second kappa shape index (κ2) is 8.52. The first kappa shape index (κ1) is 21.7. The van der Waals surface area contributed by atoms with Gasteiger partial charge in [0.05, 0.1) is 12.2 Å². The predicted molar refractivity (Wildman–Crippen MR) is 112 cm³/mol. The van der Waals surface area contributed by atoms with E-state index in [1.165, 1.54) is 30.2 Å². The van der Waals surface area contributed by atoms with Gasteiger partial charge in [0.25, 0.3) is 0 Å². The van der Waals surface area contributed by atoms with E-state index in [1.807, 2.05) is 0 Å². The molecule has 0 unspecified atom stereocenters. The van der Waals surface area contributed by atoms with Crippen LogP contribution in [0.4, 0.5) is 29.9 Å². The molecule has 0 spiro atoms. The summed E-state index contributed by atoms with van der Waals surface area (Å²) in [5.41, 5.74) is 0.0905. The summed E-state index contributed by atoms with van der Waals surface area (Å²) >= 11 is 0. The number of likely N-dealkylation sites (N-methyl/N-ethyl adjacent to an activating group) is 1. The molecule has 1 atom stereocenters. The summed E-state index contributed by atoms with van der Waals surface area (Å²) in [6, 6.07) is 5.65. The molecule has 4 rings (SSSR count). The number of urea groups is 1. The van der Waals surface area contributed by atoms with E-state index in [9.17, 15) is 23.2 Å². The summed E-state index contributed by atoms with van der Waals surface area (Å²) in [6.45, 7) is 2.55. The van der Waals surface area contributed by atoms with Gasteiger partial charge in [0.2, 0.25) is 0 Å². The number of ketones is 1. The molecule has 2 saturated heterocycles. The lowest BCUT2D eigenvalue weighted by Crippen LogP contribution is -2.29. The number of carbonyl (C=O) groups is 3. The van der Waals surface area contributed by atoms with Crippen molar-refractivity contribution in [3.63, 3.8) is 0 Å². The van der Waals surface area contributed by atoms with Crippen molar-refractivity contribution >= 4 is 29.4 Å². The summed E-state index contributed by atoms with van der Waals surface area (Å²) < 4.78 is 34.9. The topological polar surface area (TPSA) is 83.1 Å². The summed E-state index contributed by atoms with van der Waals surface area (Å²) in [6.07, 6.45) is 0.602. The highest BCUT2D eigenvalue weighted by Crippen LogP contribution is 2.33. The zero-order valence-electron chi connectivity index (χ0n) is 17.7. The van der Waals surface area contributed by atoms with Crippen molar-refractivity contribution < 1.29 is 27.9 Å². The van der Waals surface area contributed by atoms with E-state index in [4.69, 9.17) is 4.74 Å². The van der Waals surface area contributed by atoms with Gasteiger partial charge in [0, 0.05) is 43.9 Å². The Kier molecular flexibility index (Phi) is 5.77. The van der Waals surface area contributed by atoms with Crippen molar-refractivity contribution in [3.8, 4) is 11.1 Å². The van der Waals surface area contributed by atoms with Crippen molar-refractivity contribution in [1.82, 2.24) is 9.88 Å². The van der Waals surface area contributed by atoms with Gasteiger partial charge in [-0.1, -0.05) is 0 Å². The molecule has 2 aliphatic rings. The van der Waals surface area contributed by atoms with E-state index in [2.05, 4.69) is 4.98 Å². The van der Waals surface area contributed by atoms with E-state index in [0.717, 1.165) is 4.90 Å². The summed E-state index contributed by atoms with van der Waals surface area (Å²) in [5, 5.41) is 0. The first-order valence-electron chi connectivity index (χ1n) is 10.2. The molecular weight excluding hydrogens is 422 g/mol. The molecule has 2 fully saturated rings. The van der Waals surface area contributed by atoms with Gasteiger partial charge in [-0.05, 0) is 37.6 Å². The molecule has 0 radical (unpaired) electrons. The number of benzene rings is 1. The highest BCUT2D eigenvalue weighted by atomic mass is 19.2. The maximum Gasteiger partial charge on any atom is 0.414 e. The minimum Gasteiger partial charge on any atom is -0.444 e. The number of cyclic esters (lactones) is 1. The van der Waals surface area contributed by atoms with E-state index in [0.29, 0.717) is 30.9 Å². The number of aromatic nitrogens is 1. The molecular formula is C22H22F2N4O4. The number of Topliss-reactive ketones (excluding diaryl/α,β-unsaturated/α-hetero) is 1.